The molecule has 21 heavy (non-hydrogen) atoms. The maximum absolute atomic E-state index is 10.6. The van der Waals surface area contributed by atoms with E-state index in [1.165, 1.54) is 18.2 Å². The Morgan fingerprint density at radius 2 is 1.33 bits per heavy atom. The van der Waals surface area contributed by atoms with Crippen LogP contribution in [0.25, 0.3) is 0 Å². The van der Waals surface area contributed by atoms with E-state index in [0.717, 1.165) is 0 Å². The van der Waals surface area contributed by atoms with Gasteiger partial charge in [-0.3, -0.25) is 0 Å². The minimum atomic E-state index is -1.34. The molecule has 0 radical (unpaired) electrons. The van der Waals surface area contributed by atoms with Crippen LogP contribution in [0.3, 0.4) is 0 Å². The van der Waals surface area contributed by atoms with Crippen LogP contribution in [0.5, 0.6) is 0 Å². The summed E-state index contributed by atoms with van der Waals surface area (Å²) < 4.78 is 0. The third-order valence-corrected chi connectivity index (χ3v) is 1.91. The van der Waals surface area contributed by atoms with Gasteiger partial charge in [0.05, 0.1) is 11.1 Å². The first kappa shape index (κ1) is 17.6. The van der Waals surface area contributed by atoms with Crippen LogP contribution in [0.15, 0.2) is 30.4 Å². The van der Waals surface area contributed by atoms with E-state index < -0.39 is 23.9 Å². The zero-order chi connectivity index (χ0) is 16.6. The fourth-order valence-electron chi connectivity index (χ4n) is 1.13. The molecule has 6 N–H and O–H groups in total. The van der Waals surface area contributed by atoms with Crippen molar-refractivity contribution in [2.75, 3.05) is 5.73 Å². The Balaban J connectivity index is 0.000000433. The first-order chi connectivity index (χ1) is 9.66. The number of carboxylic acids is 4. The first-order valence-corrected chi connectivity index (χ1v) is 5.15. The molecular formula is C12H11NO8. The van der Waals surface area contributed by atoms with Gasteiger partial charge >= 0.3 is 23.9 Å². The Kier molecular flexibility index (Phi) is 6.67. The van der Waals surface area contributed by atoms with Crippen LogP contribution in [-0.2, 0) is 9.59 Å². The highest BCUT2D eigenvalue weighted by Gasteiger charge is 2.17. The highest BCUT2D eigenvalue weighted by molar-refractivity contribution is 6.05. The molecule has 0 heterocycles. The molecule has 112 valence electrons. The second kappa shape index (κ2) is 7.94. The number of aliphatic carboxylic acids is 2. The smallest absolute Gasteiger partial charge is 0.338 e. The van der Waals surface area contributed by atoms with Gasteiger partial charge in [-0.1, -0.05) is 6.07 Å². The summed E-state index contributed by atoms with van der Waals surface area (Å²) in [5.41, 5.74) is 4.60. The number of rotatable bonds is 4. The van der Waals surface area contributed by atoms with E-state index in [4.69, 9.17) is 26.2 Å². The second-order valence-corrected chi connectivity index (χ2v) is 3.39. The van der Waals surface area contributed by atoms with E-state index in [-0.39, 0.29) is 16.8 Å². The molecule has 0 amide bonds. The molecule has 1 rings (SSSR count). The van der Waals surface area contributed by atoms with Gasteiger partial charge in [0.1, 0.15) is 0 Å². The SMILES string of the molecule is Nc1cccc(C(=O)O)c1C(=O)O.O=C(O)/C=C\C(=O)O. The monoisotopic (exact) mass is 297 g/mol. The summed E-state index contributed by atoms with van der Waals surface area (Å²) in [6.45, 7) is 0. The number of hydrogen-bond donors (Lipinski definition) is 5. The number of hydrogen-bond acceptors (Lipinski definition) is 5. The van der Waals surface area contributed by atoms with E-state index in [0.29, 0.717) is 12.2 Å². The largest absolute Gasteiger partial charge is 0.478 e. The number of benzene rings is 1. The lowest BCUT2D eigenvalue weighted by Crippen LogP contribution is -2.10. The summed E-state index contributed by atoms with van der Waals surface area (Å²) in [7, 11) is 0. The fraction of sp³-hybridized carbons (Fsp3) is 0. The molecule has 9 heteroatoms. The van der Waals surface area contributed by atoms with Gasteiger partial charge in [0, 0.05) is 17.8 Å². The quantitative estimate of drug-likeness (QED) is 0.388. The maximum Gasteiger partial charge on any atom is 0.338 e. The van der Waals surface area contributed by atoms with Crippen LogP contribution in [-0.4, -0.2) is 44.3 Å². The molecule has 0 aliphatic carbocycles. The van der Waals surface area contributed by atoms with Gasteiger partial charge in [-0.25, -0.2) is 19.2 Å². The van der Waals surface area contributed by atoms with Crippen molar-refractivity contribution in [3.63, 3.8) is 0 Å². The molecule has 1 aromatic rings. The molecule has 0 unspecified atom stereocenters. The van der Waals surface area contributed by atoms with Crippen molar-refractivity contribution in [2.24, 2.45) is 0 Å². The number of carboxylic acid groups (broad SMARTS) is 4. The van der Waals surface area contributed by atoms with Crippen LogP contribution >= 0.6 is 0 Å². The minimum absolute atomic E-state index is 0.0487. The molecule has 0 spiro atoms. The Hall–Kier alpha value is -3.36. The van der Waals surface area contributed by atoms with Crippen LogP contribution in [0.1, 0.15) is 20.7 Å². The van der Waals surface area contributed by atoms with E-state index in [2.05, 4.69) is 0 Å². The Morgan fingerprint density at radius 1 is 0.857 bits per heavy atom. The molecule has 1 aromatic carbocycles. The number of anilines is 1. The van der Waals surface area contributed by atoms with Gasteiger partial charge in [-0.05, 0) is 12.1 Å². The predicted octanol–water partition coefficient (Wildman–Crippen LogP) is 0.377. The fourth-order valence-corrected chi connectivity index (χ4v) is 1.13. The zero-order valence-corrected chi connectivity index (χ0v) is 10.4. The molecular weight excluding hydrogens is 286 g/mol. The number of carbonyl (C=O) groups is 4. The van der Waals surface area contributed by atoms with Crippen molar-refractivity contribution in [3.05, 3.63) is 41.5 Å². The normalized spacial score (nSPS) is 9.52. The maximum atomic E-state index is 10.6. The van der Waals surface area contributed by atoms with Crippen LogP contribution in [0.4, 0.5) is 5.69 Å². The lowest BCUT2D eigenvalue weighted by molar-refractivity contribution is -0.134. The van der Waals surface area contributed by atoms with Gasteiger partial charge in [-0.2, -0.15) is 0 Å². The lowest BCUT2D eigenvalue weighted by atomic mass is 10.1. The standard InChI is InChI=1S/C8H7NO4.C4H4O4/c9-5-3-1-2-4(7(10)11)6(5)8(12)13;5-3(6)1-2-4(7)8/h1-3H,9H2,(H,10,11)(H,12,13);1-2H,(H,5,6)(H,7,8)/b;2-1-. The molecule has 0 saturated carbocycles. The van der Waals surface area contributed by atoms with Crippen molar-refractivity contribution in [1.29, 1.82) is 0 Å². The molecule has 0 aliphatic heterocycles. The third-order valence-electron chi connectivity index (χ3n) is 1.91. The first-order valence-electron chi connectivity index (χ1n) is 5.15. The van der Waals surface area contributed by atoms with E-state index in [9.17, 15) is 19.2 Å². The van der Waals surface area contributed by atoms with Crippen molar-refractivity contribution in [1.82, 2.24) is 0 Å². The Labute approximate surface area is 117 Å². The molecule has 0 fully saturated rings. The van der Waals surface area contributed by atoms with Crippen LogP contribution in [0, 0.1) is 0 Å². The van der Waals surface area contributed by atoms with Crippen molar-refractivity contribution in [3.8, 4) is 0 Å². The number of aromatic carboxylic acids is 2. The van der Waals surface area contributed by atoms with Gasteiger partial charge in [-0.15, -0.1) is 0 Å². The average molecular weight is 297 g/mol. The van der Waals surface area contributed by atoms with Gasteiger partial charge < -0.3 is 26.2 Å². The molecule has 0 atom stereocenters. The lowest BCUT2D eigenvalue weighted by Gasteiger charge is -2.03. The number of nitrogens with two attached hydrogens (primary N) is 1. The van der Waals surface area contributed by atoms with Crippen molar-refractivity contribution >= 4 is 29.6 Å². The third kappa shape index (κ3) is 6.38. The molecule has 0 saturated heterocycles. The van der Waals surface area contributed by atoms with Crippen molar-refractivity contribution in [2.45, 2.75) is 0 Å². The summed E-state index contributed by atoms with van der Waals surface area (Å²) in [6.07, 6.45) is 1.12. The summed E-state index contributed by atoms with van der Waals surface area (Å²) in [5, 5.41) is 32.9. The highest BCUT2D eigenvalue weighted by Crippen LogP contribution is 2.16. The number of nitrogen functional groups attached to an aromatic ring is 1. The summed E-state index contributed by atoms with van der Waals surface area (Å²) in [4.78, 5) is 40.3. The average Bonchev–Trinajstić information content (AvgIpc) is 2.36. The van der Waals surface area contributed by atoms with Crippen LogP contribution in [0.2, 0.25) is 0 Å². The minimum Gasteiger partial charge on any atom is -0.478 e. The zero-order valence-electron chi connectivity index (χ0n) is 10.4. The van der Waals surface area contributed by atoms with E-state index >= 15 is 0 Å². The molecule has 9 nitrogen and oxygen atoms in total. The molecule has 0 bridgehead atoms. The summed E-state index contributed by atoms with van der Waals surface area (Å²) in [5.74, 6) is -5.15. The van der Waals surface area contributed by atoms with Gasteiger partial charge in [0.2, 0.25) is 0 Å². The van der Waals surface area contributed by atoms with E-state index in [1.54, 1.807) is 0 Å². The highest BCUT2D eigenvalue weighted by atomic mass is 16.4. The molecule has 0 aliphatic rings. The van der Waals surface area contributed by atoms with Crippen LogP contribution < -0.4 is 5.73 Å². The molecule has 0 aromatic heterocycles. The predicted molar refractivity (Wildman–Crippen MR) is 69.2 cm³/mol. The Morgan fingerprint density at radius 3 is 1.62 bits per heavy atom. The topological polar surface area (TPSA) is 175 Å². The second-order valence-electron chi connectivity index (χ2n) is 3.39. The Bertz CT molecular complexity index is 589. The summed E-state index contributed by atoms with van der Waals surface area (Å²) >= 11 is 0. The van der Waals surface area contributed by atoms with Crippen molar-refractivity contribution < 1.29 is 39.6 Å². The van der Waals surface area contributed by atoms with Gasteiger partial charge in [0.25, 0.3) is 0 Å². The summed E-state index contributed by atoms with van der Waals surface area (Å²) in [6, 6.07) is 3.93. The van der Waals surface area contributed by atoms with E-state index in [1.807, 2.05) is 0 Å². The van der Waals surface area contributed by atoms with Gasteiger partial charge in [0.15, 0.2) is 0 Å².